The van der Waals surface area contributed by atoms with Crippen molar-refractivity contribution in [2.24, 2.45) is 5.92 Å². The van der Waals surface area contributed by atoms with Gasteiger partial charge in [0.15, 0.2) is 9.84 Å². The molecule has 1 amide bonds. The Morgan fingerprint density at radius 3 is 2.80 bits per heavy atom. The average Bonchev–Trinajstić information content (AvgIpc) is 2.60. The van der Waals surface area contributed by atoms with Gasteiger partial charge in [0.05, 0.1) is 10.6 Å². The molecule has 8 heteroatoms. The van der Waals surface area contributed by atoms with Crippen molar-refractivity contribution in [3.63, 3.8) is 0 Å². The molecular weight excluding hydrogens is 347 g/mol. The first kappa shape index (κ1) is 17.4. The number of hydrogen-bond donors (Lipinski definition) is 3. The molecule has 0 bridgehead atoms. The molecule has 1 heterocycles. The lowest BCUT2D eigenvalue weighted by Gasteiger charge is -2.26. The van der Waals surface area contributed by atoms with Crippen LogP contribution in [0.25, 0.3) is 0 Å². The van der Waals surface area contributed by atoms with Gasteiger partial charge in [-0.05, 0) is 54.3 Å². The molecule has 6 nitrogen and oxygen atoms in total. The van der Waals surface area contributed by atoms with Crippen molar-refractivity contribution in [3.8, 4) is 0 Å². The zero-order chi connectivity index (χ0) is 18.0. The lowest BCUT2D eigenvalue weighted by molar-refractivity contribution is 0.0706. The molecule has 1 aliphatic heterocycles. The molecule has 132 valence electrons. The summed E-state index contributed by atoms with van der Waals surface area (Å²) in [5.74, 6) is -1.56. The number of hydroxylamine groups is 1. The maximum atomic E-state index is 13.3. The van der Waals surface area contributed by atoms with Crippen molar-refractivity contribution < 1.29 is 22.8 Å². The summed E-state index contributed by atoms with van der Waals surface area (Å²) < 4.78 is 38.3. The number of carbonyl (C=O) groups is 1. The molecule has 2 aromatic carbocycles. The summed E-state index contributed by atoms with van der Waals surface area (Å²) in [5, 5.41) is 11.9. The number of amides is 1. The molecule has 0 saturated heterocycles. The van der Waals surface area contributed by atoms with Crippen LogP contribution < -0.4 is 10.8 Å². The zero-order valence-electron chi connectivity index (χ0n) is 13.2. The molecule has 0 radical (unpaired) electrons. The highest BCUT2D eigenvalue weighted by atomic mass is 32.2. The monoisotopic (exact) mass is 364 g/mol. The highest BCUT2D eigenvalue weighted by Gasteiger charge is 2.26. The van der Waals surface area contributed by atoms with Gasteiger partial charge in [0.25, 0.3) is 5.91 Å². The van der Waals surface area contributed by atoms with Crippen LogP contribution in [0.1, 0.15) is 15.9 Å². The number of hydrogen-bond acceptors (Lipinski definition) is 5. The van der Waals surface area contributed by atoms with Gasteiger partial charge in [0.1, 0.15) is 5.82 Å². The van der Waals surface area contributed by atoms with Crippen LogP contribution in [0.15, 0.2) is 47.4 Å². The second kappa shape index (κ2) is 6.81. The SMILES string of the molecule is O=C(NO)c1ccc2c(c1)CC(CS(=O)(=O)c1cccc(F)c1)CN2. The van der Waals surface area contributed by atoms with Crippen LogP contribution in [0.2, 0.25) is 0 Å². The van der Waals surface area contributed by atoms with Gasteiger partial charge < -0.3 is 5.32 Å². The Bertz CT molecular complexity index is 915. The van der Waals surface area contributed by atoms with Crippen molar-refractivity contribution in [3.05, 3.63) is 59.4 Å². The normalized spacial score (nSPS) is 16.6. The first-order valence-corrected chi connectivity index (χ1v) is 9.34. The van der Waals surface area contributed by atoms with E-state index in [1.165, 1.54) is 18.2 Å². The number of rotatable bonds is 4. The fourth-order valence-electron chi connectivity index (χ4n) is 2.96. The van der Waals surface area contributed by atoms with E-state index in [0.29, 0.717) is 13.0 Å². The van der Waals surface area contributed by atoms with Crippen LogP contribution in [0, 0.1) is 11.7 Å². The Kier molecular flexibility index (Phi) is 4.73. The molecule has 3 rings (SSSR count). The predicted octanol–water partition coefficient (Wildman–Crippen LogP) is 2.00. The Labute approximate surface area is 144 Å². The van der Waals surface area contributed by atoms with Crippen LogP contribution in [-0.2, 0) is 16.3 Å². The Morgan fingerprint density at radius 2 is 2.08 bits per heavy atom. The van der Waals surface area contributed by atoms with Gasteiger partial charge >= 0.3 is 0 Å². The van der Waals surface area contributed by atoms with E-state index in [1.54, 1.807) is 23.7 Å². The summed E-state index contributed by atoms with van der Waals surface area (Å²) in [7, 11) is -3.62. The first-order valence-electron chi connectivity index (χ1n) is 7.68. The van der Waals surface area contributed by atoms with Gasteiger partial charge in [0.2, 0.25) is 0 Å². The number of benzene rings is 2. The molecule has 0 aliphatic carbocycles. The molecule has 1 aliphatic rings. The topological polar surface area (TPSA) is 95.5 Å². The van der Waals surface area contributed by atoms with E-state index in [1.807, 2.05) is 0 Å². The summed E-state index contributed by atoms with van der Waals surface area (Å²) in [6, 6.07) is 9.88. The zero-order valence-corrected chi connectivity index (χ0v) is 14.0. The van der Waals surface area contributed by atoms with Crippen molar-refractivity contribution >= 4 is 21.4 Å². The van der Waals surface area contributed by atoms with Gasteiger partial charge in [0, 0.05) is 17.8 Å². The summed E-state index contributed by atoms with van der Waals surface area (Å²) in [4.78, 5) is 11.5. The highest BCUT2D eigenvalue weighted by Crippen LogP contribution is 2.28. The molecule has 3 N–H and O–H groups in total. The third-order valence-electron chi connectivity index (χ3n) is 4.17. The van der Waals surface area contributed by atoms with E-state index in [2.05, 4.69) is 5.32 Å². The average molecular weight is 364 g/mol. The van der Waals surface area contributed by atoms with E-state index >= 15 is 0 Å². The van der Waals surface area contributed by atoms with E-state index in [9.17, 15) is 17.6 Å². The Balaban J connectivity index is 1.79. The van der Waals surface area contributed by atoms with Gasteiger partial charge in [-0.2, -0.15) is 0 Å². The van der Waals surface area contributed by atoms with E-state index in [0.717, 1.165) is 17.3 Å². The Hall–Kier alpha value is -2.45. The van der Waals surface area contributed by atoms with E-state index in [-0.39, 0.29) is 22.1 Å². The second-order valence-corrected chi connectivity index (χ2v) is 8.04. The number of carbonyl (C=O) groups excluding carboxylic acids is 1. The van der Waals surface area contributed by atoms with Crippen molar-refractivity contribution in [1.82, 2.24) is 5.48 Å². The lowest BCUT2D eigenvalue weighted by Crippen LogP contribution is -2.30. The standard InChI is InChI=1S/C17H17FN2O4S/c18-14-2-1-3-15(8-14)25(23,24)10-11-6-13-7-12(17(21)20-22)4-5-16(13)19-9-11/h1-5,7-8,11,19,22H,6,9-10H2,(H,20,21). The fraction of sp³-hybridized carbons (Fsp3) is 0.235. The van der Waals surface area contributed by atoms with Crippen molar-refractivity contribution in [1.29, 1.82) is 0 Å². The molecule has 0 spiro atoms. The van der Waals surface area contributed by atoms with E-state index < -0.39 is 21.6 Å². The maximum Gasteiger partial charge on any atom is 0.274 e. The third kappa shape index (κ3) is 3.80. The maximum absolute atomic E-state index is 13.3. The van der Waals surface area contributed by atoms with Crippen LogP contribution >= 0.6 is 0 Å². The highest BCUT2D eigenvalue weighted by molar-refractivity contribution is 7.91. The third-order valence-corrected chi connectivity index (χ3v) is 6.05. The largest absolute Gasteiger partial charge is 0.384 e. The summed E-state index contributed by atoms with van der Waals surface area (Å²) in [5.41, 5.74) is 3.49. The van der Waals surface area contributed by atoms with Crippen LogP contribution in [0.5, 0.6) is 0 Å². The van der Waals surface area contributed by atoms with Gasteiger partial charge in [-0.1, -0.05) is 6.07 Å². The van der Waals surface area contributed by atoms with Crippen molar-refractivity contribution in [2.45, 2.75) is 11.3 Å². The molecule has 1 unspecified atom stereocenters. The molecule has 0 fully saturated rings. The van der Waals surface area contributed by atoms with Gasteiger partial charge in [-0.25, -0.2) is 18.3 Å². The molecule has 1 atom stereocenters. The molecular formula is C17H17FN2O4S. The smallest absolute Gasteiger partial charge is 0.274 e. The summed E-state index contributed by atoms with van der Waals surface area (Å²) >= 11 is 0. The lowest BCUT2D eigenvalue weighted by atomic mass is 9.94. The molecule has 0 aromatic heterocycles. The Morgan fingerprint density at radius 1 is 1.28 bits per heavy atom. The fourth-order valence-corrected chi connectivity index (χ4v) is 4.59. The predicted molar refractivity (Wildman–Crippen MR) is 89.8 cm³/mol. The minimum absolute atomic E-state index is 0.0355. The number of halogens is 1. The molecule has 25 heavy (non-hydrogen) atoms. The molecule has 0 saturated carbocycles. The quantitative estimate of drug-likeness (QED) is 0.570. The number of anilines is 1. The van der Waals surface area contributed by atoms with Crippen molar-refractivity contribution in [2.75, 3.05) is 17.6 Å². The van der Waals surface area contributed by atoms with Crippen LogP contribution in [0.4, 0.5) is 10.1 Å². The summed E-state index contributed by atoms with van der Waals surface area (Å²) in [6.07, 6.45) is 0.462. The van der Waals surface area contributed by atoms with Gasteiger partial charge in [-0.3, -0.25) is 10.0 Å². The minimum atomic E-state index is -3.62. The number of sulfone groups is 1. The minimum Gasteiger partial charge on any atom is -0.384 e. The number of nitrogens with one attached hydrogen (secondary N) is 2. The van der Waals surface area contributed by atoms with E-state index in [4.69, 9.17) is 5.21 Å². The molecule has 2 aromatic rings. The second-order valence-electron chi connectivity index (χ2n) is 6.00. The van der Waals surface area contributed by atoms with Gasteiger partial charge in [-0.15, -0.1) is 0 Å². The summed E-state index contributed by atoms with van der Waals surface area (Å²) in [6.45, 7) is 0.465. The first-order chi connectivity index (χ1) is 11.9. The van der Waals surface area contributed by atoms with Crippen LogP contribution in [-0.4, -0.2) is 31.8 Å². The van der Waals surface area contributed by atoms with Crippen LogP contribution in [0.3, 0.4) is 0 Å². The number of fused-ring (bicyclic) bond motifs is 1.